The molecule has 3 rings (SSSR count). The topological polar surface area (TPSA) is 32.3 Å². The van der Waals surface area contributed by atoms with Crippen molar-refractivity contribution in [2.24, 2.45) is 0 Å². The predicted molar refractivity (Wildman–Crippen MR) is 94.7 cm³/mol. The fraction of sp³-hybridized carbons (Fsp3) is 0.611. The maximum absolute atomic E-state index is 12.3. The van der Waals surface area contributed by atoms with Crippen molar-refractivity contribution in [3.05, 3.63) is 29.8 Å². The number of carbonyl (C=O) groups is 1. The van der Waals surface area contributed by atoms with Crippen LogP contribution in [0.15, 0.2) is 24.3 Å². The average molecular weight is 318 g/mol. The van der Waals surface area contributed by atoms with Gasteiger partial charge < -0.3 is 10.2 Å². The minimum absolute atomic E-state index is 0.0754. The Labute approximate surface area is 136 Å². The predicted octanol–water partition coefficient (Wildman–Crippen LogP) is 2.71. The van der Waals surface area contributed by atoms with E-state index < -0.39 is 0 Å². The Bertz CT molecular complexity index is 488. The second kappa shape index (κ2) is 7.57. The summed E-state index contributed by atoms with van der Waals surface area (Å²) in [4.78, 5) is 15.0. The molecule has 1 aliphatic carbocycles. The maximum Gasteiger partial charge on any atom is 0.251 e. The van der Waals surface area contributed by atoms with Crippen LogP contribution < -0.4 is 10.6 Å². The number of nitrogens with zero attached hydrogens (tertiary/aromatic N) is 1. The van der Waals surface area contributed by atoms with Crippen LogP contribution in [0.3, 0.4) is 0 Å². The number of likely N-dealkylation sites (tertiary alicyclic amines) is 1. The summed E-state index contributed by atoms with van der Waals surface area (Å²) in [6.45, 7) is 2.56. The van der Waals surface area contributed by atoms with Gasteiger partial charge in [0.1, 0.15) is 0 Å². The highest BCUT2D eigenvalue weighted by molar-refractivity contribution is 7.27. The summed E-state index contributed by atoms with van der Waals surface area (Å²) in [5, 5.41) is 4.32. The summed E-state index contributed by atoms with van der Waals surface area (Å²) in [6.07, 6.45) is 8.83. The lowest BCUT2D eigenvalue weighted by molar-refractivity contribution is 0.0887. The number of nitrogens with one attached hydrogen (secondary N) is 1. The smallest absolute Gasteiger partial charge is 0.251 e. The summed E-state index contributed by atoms with van der Waals surface area (Å²) in [5.41, 5.74) is 0.768. The molecule has 1 unspecified atom stereocenters. The first-order valence-corrected chi connectivity index (χ1v) is 9.20. The standard InChI is InChI=1S/C18H27N2OP/c21-18(14-4-10-17(22)11-5-14)19-15-6-8-16(9-7-15)20-12-2-1-3-13-20/h4-5,10-11,15-16H,1-3,6-9,12-13,22H2,(H,19,21). The maximum atomic E-state index is 12.3. The van der Waals surface area contributed by atoms with Gasteiger partial charge in [0.2, 0.25) is 0 Å². The summed E-state index contributed by atoms with van der Waals surface area (Å²) in [5.74, 6) is 0.0754. The molecular weight excluding hydrogens is 291 g/mol. The fourth-order valence-electron chi connectivity index (χ4n) is 3.77. The number of hydrogen-bond donors (Lipinski definition) is 1. The van der Waals surface area contributed by atoms with Gasteiger partial charge in [0.15, 0.2) is 0 Å². The molecule has 0 bridgehead atoms. The zero-order valence-electron chi connectivity index (χ0n) is 13.3. The Balaban J connectivity index is 1.47. The van der Waals surface area contributed by atoms with Crippen molar-refractivity contribution in [2.75, 3.05) is 13.1 Å². The first-order chi connectivity index (χ1) is 10.7. The van der Waals surface area contributed by atoms with E-state index in [2.05, 4.69) is 19.5 Å². The molecule has 3 nitrogen and oxygen atoms in total. The van der Waals surface area contributed by atoms with E-state index in [-0.39, 0.29) is 5.91 Å². The van der Waals surface area contributed by atoms with Gasteiger partial charge in [-0.1, -0.05) is 18.6 Å². The molecule has 1 saturated carbocycles. The van der Waals surface area contributed by atoms with E-state index in [4.69, 9.17) is 0 Å². The first kappa shape index (κ1) is 16.0. The molecule has 0 radical (unpaired) electrons. The highest BCUT2D eigenvalue weighted by Crippen LogP contribution is 2.25. The lowest BCUT2D eigenvalue weighted by Crippen LogP contribution is -2.45. The number of benzene rings is 1. The third-order valence-electron chi connectivity index (χ3n) is 5.11. The number of rotatable bonds is 3. The quantitative estimate of drug-likeness (QED) is 0.869. The van der Waals surface area contributed by atoms with E-state index in [0.29, 0.717) is 6.04 Å². The number of hydrogen-bond acceptors (Lipinski definition) is 2. The minimum atomic E-state index is 0.0754. The largest absolute Gasteiger partial charge is 0.349 e. The van der Waals surface area contributed by atoms with Crippen LogP contribution in [-0.4, -0.2) is 36.0 Å². The third-order valence-corrected chi connectivity index (χ3v) is 5.50. The molecule has 1 aliphatic heterocycles. The van der Waals surface area contributed by atoms with Crippen molar-refractivity contribution >= 4 is 20.5 Å². The molecule has 1 heterocycles. The van der Waals surface area contributed by atoms with Crippen molar-refractivity contribution in [1.29, 1.82) is 0 Å². The molecule has 1 aromatic carbocycles. The van der Waals surface area contributed by atoms with Gasteiger partial charge in [-0.25, -0.2) is 0 Å². The first-order valence-electron chi connectivity index (χ1n) is 8.63. The zero-order chi connectivity index (χ0) is 15.4. The Morgan fingerprint density at radius 3 is 2.27 bits per heavy atom. The highest BCUT2D eigenvalue weighted by Gasteiger charge is 2.27. The van der Waals surface area contributed by atoms with Crippen LogP contribution in [0, 0.1) is 0 Å². The Kier molecular flexibility index (Phi) is 5.49. The number of amides is 1. The van der Waals surface area contributed by atoms with Gasteiger partial charge in [-0.2, -0.15) is 0 Å². The summed E-state index contributed by atoms with van der Waals surface area (Å²) >= 11 is 0. The van der Waals surface area contributed by atoms with Crippen LogP contribution >= 0.6 is 9.24 Å². The average Bonchev–Trinajstić information content (AvgIpc) is 2.57. The second-order valence-electron chi connectivity index (χ2n) is 6.70. The molecule has 2 fully saturated rings. The minimum Gasteiger partial charge on any atom is -0.349 e. The van der Waals surface area contributed by atoms with E-state index in [9.17, 15) is 4.79 Å². The van der Waals surface area contributed by atoms with Crippen LogP contribution in [0.2, 0.25) is 0 Å². The van der Waals surface area contributed by atoms with Gasteiger partial charge in [0, 0.05) is 17.6 Å². The van der Waals surface area contributed by atoms with E-state index in [1.165, 1.54) is 45.2 Å². The monoisotopic (exact) mass is 318 g/mol. The number of piperidine rings is 1. The molecule has 2 aliphatic rings. The van der Waals surface area contributed by atoms with Crippen molar-refractivity contribution in [3.63, 3.8) is 0 Å². The van der Waals surface area contributed by atoms with Gasteiger partial charge >= 0.3 is 0 Å². The van der Waals surface area contributed by atoms with Crippen LogP contribution in [-0.2, 0) is 0 Å². The SMILES string of the molecule is O=C(NC1CCC(N2CCCCC2)CC1)c1ccc(P)cc1. The van der Waals surface area contributed by atoms with Gasteiger partial charge in [-0.05, 0) is 69.1 Å². The molecular formula is C18H27N2OP. The molecule has 1 amide bonds. The summed E-state index contributed by atoms with van der Waals surface area (Å²) in [6, 6.07) is 8.84. The van der Waals surface area contributed by atoms with Crippen LogP contribution in [0.1, 0.15) is 55.3 Å². The zero-order valence-corrected chi connectivity index (χ0v) is 14.4. The van der Waals surface area contributed by atoms with Gasteiger partial charge in [0.25, 0.3) is 5.91 Å². The molecule has 0 aromatic heterocycles. The van der Waals surface area contributed by atoms with Crippen molar-refractivity contribution in [2.45, 2.75) is 57.0 Å². The molecule has 1 atom stereocenters. The Morgan fingerprint density at radius 2 is 1.64 bits per heavy atom. The van der Waals surface area contributed by atoms with E-state index in [1.54, 1.807) is 0 Å². The van der Waals surface area contributed by atoms with Gasteiger partial charge in [-0.15, -0.1) is 9.24 Å². The number of carbonyl (C=O) groups excluding carboxylic acids is 1. The Hall–Kier alpha value is -0.920. The highest BCUT2D eigenvalue weighted by atomic mass is 31.0. The van der Waals surface area contributed by atoms with Gasteiger partial charge in [0.05, 0.1) is 0 Å². The lowest BCUT2D eigenvalue weighted by Gasteiger charge is -2.39. The fourth-order valence-corrected chi connectivity index (χ4v) is 3.96. The van der Waals surface area contributed by atoms with Crippen LogP contribution in [0.4, 0.5) is 0 Å². The molecule has 0 spiro atoms. The third kappa shape index (κ3) is 4.08. The van der Waals surface area contributed by atoms with Gasteiger partial charge in [-0.3, -0.25) is 4.79 Å². The molecule has 1 N–H and O–H groups in total. The van der Waals surface area contributed by atoms with Crippen LogP contribution in [0.25, 0.3) is 0 Å². The molecule has 22 heavy (non-hydrogen) atoms. The van der Waals surface area contributed by atoms with E-state index >= 15 is 0 Å². The lowest BCUT2D eigenvalue weighted by atomic mass is 9.89. The van der Waals surface area contributed by atoms with Crippen molar-refractivity contribution in [3.8, 4) is 0 Å². The van der Waals surface area contributed by atoms with Crippen molar-refractivity contribution < 1.29 is 4.79 Å². The summed E-state index contributed by atoms with van der Waals surface area (Å²) in [7, 11) is 2.65. The summed E-state index contributed by atoms with van der Waals surface area (Å²) < 4.78 is 0. The molecule has 1 aromatic rings. The van der Waals surface area contributed by atoms with E-state index in [0.717, 1.165) is 29.8 Å². The Morgan fingerprint density at radius 1 is 1.00 bits per heavy atom. The normalized spacial score (nSPS) is 26.6. The van der Waals surface area contributed by atoms with E-state index in [1.807, 2.05) is 24.3 Å². The molecule has 1 saturated heterocycles. The van der Waals surface area contributed by atoms with Crippen LogP contribution in [0.5, 0.6) is 0 Å². The molecule has 4 heteroatoms. The molecule has 120 valence electrons. The van der Waals surface area contributed by atoms with Crippen molar-refractivity contribution in [1.82, 2.24) is 10.2 Å². The second-order valence-corrected chi connectivity index (χ2v) is 7.36.